The van der Waals surface area contributed by atoms with E-state index in [4.69, 9.17) is 9.47 Å². The average molecular weight is 241 g/mol. The summed E-state index contributed by atoms with van der Waals surface area (Å²) in [6.07, 6.45) is 9.97. The molecule has 2 aliphatic carbocycles. The first kappa shape index (κ1) is 13.3. The van der Waals surface area contributed by atoms with Gasteiger partial charge in [0.1, 0.15) is 0 Å². The third kappa shape index (κ3) is 3.43. The van der Waals surface area contributed by atoms with E-state index in [0.29, 0.717) is 18.2 Å². The van der Waals surface area contributed by atoms with Crippen LogP contribution in [0.1, 0.15) is 51.9 Å². The molecule has 0 aliphatic heterocycles. The van der Waals surface area contributed by atoms with Crippen LogP contribution in [0.4, 0.5) is 0 Å². The Morgan fingerprint density at radius 3 is 2.41 bits per heavy atom. The molecule has 0 unspecified atom stereocenters. The van der Waals surface area contributed by atoms with Crippen LogP contribution in [0.15, 0.2) is 0 Å². The quantitative estimate of drug-likeness (QED) is 0.750. The highest BCUT2D eigenvalue weighted by molar-refractivity contribution is 4.98. The lowest BCUT2D eigenvalue weighted by molar-refractivity contribution is -0.133. The van der Waals surface area contributed by atoms with Crippen LogP contribution in [-0.2, 0) is 9.47 Å². The summed E-state index contributed by atoms with van der Waals surface area (Å²) in [5, 5.41) is 3.78. The Balaban J connectivity index is 1.75. The van der Waals surface area contributed by atoms with E-state index in [2.05, 4.69) is 12.2 Å². The Hall–Kier alpha value is -0.120. The zero-order valence-electron chi connectivity index (χ0n) is 11.3. The molecule has 2 fully saturated rings. The van der Waals surface area contributed by atoms with Crippen molar-refractivity contribution >= 4 is 0 Å². The third-order valence-corrected chi connectivity index (χ3v) is 4.21. The van der Waals surface area contributed by atoms with E-state index in [1.807, 2.05) is 0 Å². The van der Waals surface area contributed by atoms with Crippen LogP contribution < -0.4 is 5.32 Å². The minimum absolute atomic E-state index is 0.262. The molecule has 3 heteroatoms. The largest absolute Gasteiger partial charge is 0.377 e. The molecule has 17 heavy (non-hydrogen) atoms. The summed E-state index contributed by atoms with van der Waals surface area (Å²) in [6, 6.07) is 1.22. The molecule has 0 aromatic rings. The van der Waals surface area contributed by atoms with Gasteiger partial charge in [0.15, 0.2) is 0 Å². The van der Waals surface area contributed by atoms with Gasteiger partial charge in [-0.1, -0.05) is 25.7 Å². The molecule has 0 aromatic heterocycles. The van der Waals surface area contributed by atoms with Gasteiger partial charge >= 0.3 is 0 Å². The fourth-order valence-corrected chi connectivity index (χ4v) is 3.19. The topological polar surface area (TPSA) is 30.5 Å². The number of ether oxygens (including phenoxy) is 2. The van der Waals surface area contributed by atoms with Gasteiger partial charge in [-0.15, -0.1) is 0 Å². The smallest absolute Gasteiger partial charge is 0.0986 e. The number of methoxy groups -OCH3 is 1. The maximum absolute atomic E-state index is 5.66. The summed E-state index contributed by atoms with van der Waals surface area (Å²) in [6.45, 7) is 2.85. The van der Waals surface area contributed by atoms with E-state index in [-0.39, 0.29) is 6.10 Å². The van der Waals surface area contributed by atoms with Gasteiger partial charge in [0.2, 0.25) is 0 Å². The van der Waals surface area contributed by atoms with Crippen molar-refractivity contribution in [1.29, 1.82) is 0 Å². The Kier molecular flexibility index (Phi) is 5.26. The Bertz CT molecular complexity index is 214. The first-order valence-electron chi connectivity index (χ1n) is 7.25. The van der Waals surface area contributed by atoms with Gasteiger partial charge in [-0.25, -0.2) is 0 Å². The molecule has 2 saturated carbocycles. The maximum Gasteiger partial charge on any atom is 0.0986 e. The highest BCUT2D eigenvalue weighted by Gasteiger charge is 2.42. The number of hydrogen-bond donors (Lipinski definition) is 1. The molecular formula is C14H27NO2. The van der Waals surface area contributed by atoms with E-state index in [1.54, 1.807) is 7.11 Å². The van der Waals surface area contributed by atoms with Crippen LogP contribution >= 0.6 is 0 Å². The van der Waals surface area contributed by atoms with Gasteiger partial charge < -0.3 is 14.8 Å². The van der Waals surface area contributed by atoms with E-state index in [0.717, 1.165) is 13.0 Å². The lowest BCUT2D eigenvalue weighted by Crippen LogP contribution is -2.61. The standard InChI is InChI=1S/C14H27NO2/c1-3-17-13-10-12(14(13)16-2)15-11-8-6-4-5-7-9-11/h11-15H,3-10H2,1-2H3/t12-,13-,14-/m1/s1. The van der Waals surface area contributed by atoms with Crippen molar-refractivity contribution in [3.8, 4) is 0 Å². The van der Waals surface area contributed by atoms with E-state index >= 15 is 0 Å². The molecular weight excluding hydrogens is 214 g/mol. The molecule has 3 nitrogen and oxygen atoms in total. The highest BCUT2D eigenvalue weighted by atomic mass is 16.5. The number of rotatable bonds is 5. The van der Waals surface area contributed by atoms with Gasteiger partial charge in [-0.2, -0.15) is 0 Å². The number of nitrogens with one attached hydrogen (secondary N) is 1. The lowest BCUT2D eigenvalue weighted by atomic mass is 9.84. The maximum atomic E-state index is 5.66. The Labute approximate surface area is 105 Å². The van der Waals surface area contributed by atoms with E-state index < -0.39 is 0 Å². The van der Waals surface area contributed by atoms with Gasteiger partial charge in [0, 0.05) is 25.8 Å². The van der Waals surface area contributed by atoms with Crippen LogP contribution in [0.5, 0.6) is 0 Å². The van der Waals surface area contributed by atoms with Crippen LogP contribution in [0.25, 0.3) is 0 Å². The van der Waals surface area contributed by atoms with Crippen LogP contribution in [0, 0.1) is 0 Å². The second-order valence-corrected chi connectivity index (χ2v) is 5.39. The molecule has 0 aromatic carbocycles. The minimum Gasteiger partial charge on any atom is -0.377 e. The van der Waals surface area contributed by atoms with Crippen molar-refractivity contribution in [3.05, 3.63) is 0 Å². The summed E-state index contributed by atoms with van der Waals surface area (Å²) in [4.78, 5) is 0. The van der Waals surface area contributed by atoms with Crippen LogP contribution in [-0.4, -0.2) is 38.0 Å². The molecule has 1 N–H and O–H groups in total. The van der Waals surface area contributed by atoms with Crippen molar-refractivity contribution in [2.45, 2.75) is 76.2 Å². The Morgan fingerprint density at radius 2 is 1.82 bits per heavy atom. The van der Waals surface area contributed by atoms with Crippen molar-refractivity contribution in [2.24, 2.45) is 0 Å². The predicted molar refractivity (Wildman–Crippen MR) is 69.2 cm³/mol. The van der Waals surface area contributed by atoms with E-state index in [9.17, 15) is 0 Å². The number of hydrogen-bond acceptors (Lipinski definition) is 3. The van der Waals surface area contributed by atoms with Crippen LogP contribution in [0.2, 0.25) is 0 Å². The van der Waals surface area contributed by atoms with Crippen molar-refractivity contribution in [1.82, 2.24) is 5.32 Å². The molecule has 0 heterocycles. The highest BCUT2D eigenvalue weighted by Crippen LogP contribution is 2.29. The molecule has 100 valence electrons. The summed E-state index contributed by atoms with van der Waals surface area (Å²) in [5.74, 6) is 0. The molecule has 0 saturated heterocycles. The van der Waals surface area contributed by atoms with Gasteiger partial charge in [-0.05, 0) is 26.2 Å². The summed E-state index contributed by atoms with van der Waals surface area (Å²) in [7, 11) is 1.80. The molecule has 2 rings (SSSR count). The zero-order chi connectivity index (χ0) is 12.1. The second-order valence-electron chi connectivity index (χ2n) is 5.39. The first-order chi connectivity index (χ1) is 8.35. The monoisotopic (exact) mass is 241 g/mol. The fraction of sp³-hybridized carbons (Fsp3) is 1.00. The third-order valence-electron chi connectivity index (χ3n) is 4.21. The summed E-state index contributed by atoms with van der Waals surface area (Å²) in [5.41, 5.74) is 0. The molecule has 0 spiro atoms. The fourth-order valence-electron chi connectivity index (χ4n) is 3.19. The van der Waals surface area contributed by atoms with Gasteiger partial charge in [0.05, 0.1) is 12.2 Å². The lowest BCUT2D eigenvalue weighted by Gasteiger charge is -2.45. The molecule has 3 atom stereocenters. The molecule has 0 radical (unpaired) electrons. The minimum atomic E-state index is 0.262. The molecule has 0 amide bonds. The van der Waals surface area contributed by atoms with Gasteiger partial charge in [0.25, 0.3) is 0 Å². The van der Waals surface area contributed by atoms with Crippen LogP contribution in [0.3, 0.4) is 0 Å². The SMILES string of the molecule is CCO[C@@H]1C[C@@H](NC2CCCCCC2)[C@H]1OC. The zero-order valence-corrected chi connectivity index (χ0v) is 11.3. The average Bonchev–Trinajstić information content (AvgIpc) is 2.56. The molecule has 0 bridgehead atoms. The molecule has 2 aliphatic rings. The van der Waals surface area contributed by atoms with Crippen molar-refractivity contribution in [3.63, 3.8) is 0 Å². The van der Waals surface area contributed by atoms with Gasteiger partial charge in [-0.3, -0.25) is 0 Å². The Morgan fingerprint density at radius 1 is 1.12 bits per heavy atom. The normalized spacial score (nSPS) is 35.3. The second kappa shape index (κ2) is 6.72. The summed E-state index contributed by atoms with van der Waals surface area (Å²) < 4.78 is 11.2. The first-order valence-corrected chi connectivity index (χ1v) is 7.25. The van der Waals surface area contributed by atoms with E-state index in [1.165, 1.54) is 38.5 Å². The summed E-state index contributed by atoms with van der Waals surface area (Å²) >= 11 is 0. The predicted octanol–water partition coefficient (Wildman–Crippen LogP) is 2.49. The van der Waals surface area contributed by atoms with Crippen molar-refractivity contribution in [2.75, 3.05) is 13.7 Å². The van der Waals surface area contributed by atoms with Crippen molar-refractivity contribution < 1.29 is 9.47 Å².